The molecule has 1 rings (SSSR count). The first kappa shape index (κ1) is 9.26. The van der Waals surface area contributed by atoms with E-state index in [4.69, 9.17) is 10.8 Å². The van der Waals surface area contributed by atoms with Gasteiger partial charge in [0.15, 0.2) is 0 Å². The molecular formula is C9H15NO2. The molecule has 0 aromatic carbocycles. The van der Waals surface area contributed by atoms with Gasteiger partial charge >= 0.3 is 5.97 Å². The van der Waals surface area contributed by atoms with Crippen molar-refractivity contribution in [1.29, 1.82) is 0 Å². The number of carboxylic acid groups (broad SMARTS) is 1. The lowest BCUT2D eigenvalue weighted by molar-refractivity contribution is -0.131. The summed E-state index contributed by atoms with van der Waals surface area (Å²) in [4.78, 5) is 10.2. The van der Waals surface area contributed by atoms with Gasteiger partial charge in [0.25, 0.3) is 0 Å². The van der Waals surface area contributed by atoms with Crippen molar-refractivity contribution >= 4 is 5.97 Å². The van der Waals surface area contributed by atoms with E-state index in [1.54, 1.807) is 6.08 Å². The molecule has 0 spiro atoms. The number of hydrogen-bond donors (Lipinski definition) is 2. The average Bonchev–Trinajstić information content (AvgIpc) is 2.03. The summed E-state index contributed by atoms with van der Waals surface area (Å²) in [6.45, 7) is 0. The summed E-state index contributed by atoms with van der Waals surface area (Å²) < 4.78 is 0. The topological polar surface area (TPSA) is 63.3 Å². The van der Waals surface area contributed by atoms with Crippen molar-refractivity contribution in [3.05, 3.63) is 12.2 Å². The van der Waals surface area contributed by atoms with Gasteiger partial charge in [-0.05, 0) is 18.8 Å². The van der Waals surface area contributed by atoms with E-state index in [0.29, 0.717) is 0 Å². The van der Waals surface area contributed by atoms with Crippen LogP contribution in [0.1, 0.15) is 25.7 Å². The van der Waals surface area contributed by atoms with E-state index in [-0.39, 0.29) is 12.0 Å². The second-order valence-electron chi connectivity index (χ2n) is 3.31. The molecule has 1 aliphatic rings. The van der Waals surface area contributed by atoms with Gasteiger partial charge < -0.3 is 10.8 Å². The third-order valence-corrected chi connectivity index (χ3v) is 2.36. The summed E-state index contributed by atoms with van der Waals surface area (Å²) in [5.74, 6) is -0.609. The molecule has 0 amide bonds. The molecule has 0 bridgehead atoms. The molecule has 0 aromatic heterocycles. The summed E-state index contributed by atoms with van der Waals surface area (Å²) in [5.41, 5.74) is 5.82. The molecule has 3 N–H and O–H groups in total. The smallest absolute Gasteiger partial charge is 0.327 e. The van der Waals surface area contributed by atoms with Gasteiger partial charge in [0, 0.05) is 12.1 Å². The summed E-state index contributed by atoms with van der Waals surface area (Å²) in [5, 5.41) is 8.40. The van der Waals surface area contributed by atoms with Crippen LogP contribution in [0.5, 0.6) is 0 Å². The first-order chi connectivity index (χ1) is 5.70. The number of carbonyl (C=O) groups is 1. The third-order valence-electron chi connectivity index (χ3n) is 2.36. The number of nitrogens with two attached hydrogens (primary N) is 1. The van der Waals surface area contributed by atoms with Gasteiger partial charge in [0.1, 0.15) is 0 Å². The lowest BCUT2D eigenvalue weighted by atomic mass is 9.85. The lowest BCUT2D eigenvalue weighted by Crippen LogP contribution is -2.31. The van der Waals surface area contributed by atoms with E-state index in [1.807, 2.05) is 0 Å². The maximum absolute atomic E-state index is 10.2. The van der Waals surface area contributed by atoms with Crippen LogP contribution in [0.25, 0.3) is 0 Å². The minimum absolute atomic E-state index is 0.161. The minimum Gasteiger partial charge on any atom is -0.478 e. The van der Waals surface area contributed by atoms with E-state index in [0.717, 1.165) is 12.8 Å². The fourth-order valence-corrected chi connectivity index (χ4v) is 1.63. The number of aliphatic carboxylic acids is 1. The number of carboxylic acids is 1. The monoisotopic (exact) mass is 169 g/mol. The zero-order valence-electron chi connectivity index (χ0n) is 7.07. The molecule has 0 heterocycles. The molecule has 0 aliphatic heterocycles. The summed E-state index contributed by atoms with van der Waals surface area (Å²) in [6, 6.07) is 0.161. The zero-order valence-corrected chi connectivity index (χ0v) is 7.07. The van der Waals surface area contributed by atoms with Gasteiger partial charge in [-0.1, -0.05) is 18.9 Å². The zero-order chi connectivity index (χ0) is 8.97. The average molecular weight is 169 g/mol. The van der Waals surface area contributed by atoms with E-state index in [2.05, 4.69) is 0 Å². The maximum Gasteiger partial charge on any atom is 0.327 e. The Bertz CT molecular complexity index is 189. The Kier molecular flexibility index (Phi) is 3.29. The SMILES string of the molecule is N[C@H]1CCCC[C@H]1/C=C/C(=O)O. The summed E-state index contributed by atoms with van der Waals surface area (Å²) >= 11 is 0. The summed E-state index contributed by atoms with van der Waals surface area (Å²) in [7, 11) is 0. The first-order valence-corrected chi connectivity index (χ1v) is 4.37. The van der Waals surface area contributed by atoms with Gasteiger partial charge in [-0.2, -0.15) is 0 Å². The van der Waals surface area contributed by atoms with Crippen LogP contribution >= 0.6 is 0 Å². The normalized spacial score (nSPS) is 30.8. The predicted octanol–water partition coefficient (Wildman–Crippen LogP) is 1.14. The quantitative estimate of drug-likeness (QED) is 0.609. The van der Waals surface area contributed by atoms with Crippen molar-refractivity contribution in [3.8, 4) is 0 Å². The Labute approximate surface area is 72.3 Å². The Hall–Kier alpha value is -0.830. The standard InChI is InChI=1S/C9H15NO2/c10-8-4-2-1-3-7(8)5-6-9(11)12/h5-8H,1-4,10H2,(H,11,12)/b6-5+/t7-,8-/m0/s1. The Morgan fingerprint density at radius 2 is 2.08 bits per heavy atom. The molecule has 2 atom stereocenters. The molecular weight excluding hydrogens is 154 g/mol. The molecule has 1 saturated carbocycles. The minimum atomic E-state index is -0.882. The van der Waals surface area contributed by atoms with Gasteiger partial charge in [0.05, 0.1) is 0 Å². The highest BCUT2D eigenvalue weighted by atomic mass is 16.4. The Morgan fingerprint density at radius 3 is 2.67 bits per heavy atom. The molecule has 12 heavy (non-hydrogen) atoms. The predicted molar refractivity (Wildman–Crippen MR) is 46.7 cm³/mol. The van der Waals surface area contributed by atoms with Crippen LogP contribution in [-0.2, 0) is 4.79 Å². The van der Waals surface area contributed by atoms with Crippen molar-refractivity contribution in [2.75, 3.05) is 0 Å². The molecule has 3 heteroatoms. The van der Waals surface area contributed by atoms with Crippen molar-refractivity contribution in [1.82, 2.24) is 0 Å². The number of rotatable bonds is 2. The van der Waals surface area contributed by atoms with Crippen LogP contribution in [-0.4, -0.2) is 17.1 Å². The molecule has 0 aromatic rings. The number of hydrogen-bond acceptors (Lipinski definition) is 2. The van der Waals surface area contributed by atoms with Crippen LogP contribution in [0.3, 0.4) is 0 Å². The third kappa shape index (κ3) is 2.66. The van der Waals surface area contributed by atoms with Crippen molar-refractivity contribution in [2.24, 2.45) is 11.7 Å². The molecule has 1 fully saturated rings. The van der Waals surface area contributed by atoms with Crippen LogP contribution < -0.4 is 5.73 Å². The second-order valence-corrected chi connectivity index (χ2v) is 3.31. The first-order valence-electron chi connectivity index (χ1n) is 4.37. The molecule has 1 aliphatic carbocycles. The molecule has 3 nitrogen and oxygen atoms in total. The van der Waals surface area contributed by atoms with Crippen LogP contribution in [0.4, 0.5) is 0 Å². The highest BCUT2D eigenvalue weighted by molar-refractivity contribution is 5.79. The van der Waals surface area contributed by atoms with E-state index >= 15 is 0 Å². The van der Waals surface area contributed by atoms with Crippen molar-refractivity contribution in [2.45, 2.75) is 31.7 Å². The van der Waals surface area contributed by atoms with Gasteiger partial charge in [-0.3, -0.25) is 0 Å². The molecule has 68 valence electrons. The maximum atomic E-state index is 10.2. The molecule has 0 radical (unpaired) electrons. The van der Waals surface area contributed by atoms with E-state index < -0.39 is 5.97 Å². The van der Waals surface area contributed by atoms with Gasteiger partial charge in [0.2, 0.25) is 0 Å². The fourth-order valence-electron chi connectivity index (χ4n) is 1.63. The molecule has 0 saturated heterocycles. The van der Waals surface area contributed by atoms with Gasteiger partial charge in [-0.15, -0.1) is 0 Å². The van der Waals surface area contributed by atoms with Crippen LogP contribution in [0.15, 0.2) is 12.2 Å². The Morgan fingerprint density at radius 1 is 1.42 bits per heavy atom. The largest absolute Gasteiger partial charge is 0.478 e. The highest BCUT2D eigenvalue weighted by Gasteiger charge is 2.18. The van der Waals surface area contributed by atoms with E-state index in [1.165, 1.54) is 18.9 Å². The highest BCUT2D eigenvalue weighted by Crippen LogP contribution is 2.23. The van der Waals surface area contributed by atoms with E-state index in [9.17, 15) is 4.79 Å². The fraction of sp³-hybridized carbons (Fsp3) is 0.667. The second kappa shape index (κ2) is 4.26. The Balaban J connectivity index is 2.43. The molecule has 0 unspecified atom stereocenters. The van der Waals surface area contributed by atoms with Crippen molar-refractivity contribution in [3.63, 3.8) is 0 Å². The van der Waals surface area contributed by atoms with Gasteiger partial charge in [-0.25, -0.2) is 4.79 Å². The van der Waals surface area contributed by atoms with Crippen LogP contribution in [0.2, 0.25) is 0 Å². The van der Waals surface area contributed by atoms with Crippen molar-refractivity contribution < 1.29 is 9.90 Å². The lowest BCUT2D eigenvalue weighted by Gasteiger charge is -2.25. The van der Waals surface area contributed by atoms with Crippen LogP contribution in [0, 0.1) is 5.92 Å². The summed E-state index contributed by atoms with van der Waals surface area (Å²) in [6.07, 6.45) is 7.34.